The maximum absolute atomic E-state index is 9.72. The third-order valence-corrected chi connectivity index (χ3v) is 2.62. The fraction of sp³-hybridized carbons (Fsp3) is 0.286. The van der Waals surface area contributed by atoms with Gasteiger partial charge in [-0.3, -0.25) is 0 Å². The highest BCUT2D eigenvalue weighted by molar-refractivity contribution is 5.48. The highest BCUT2D eigenvalue weighted by Gasteiger charge is 2.04. The molecule has 20 heavy (non-hydrogen) atoms. The molecule has 0 fully saturated rings. The lowest BCUT2D eigenvalue weighted by atomic mass is 10.2. The van der Waals surface area contributed by atoms with Crippen LogP contribution in [0.25, 0.3) is 0 Å². The summed E-state index contributed by atoms with van der Waals surface area (Å²) in [4.78, 5) is 8.32. The van der Waals surface area contributed by atoms with E-state index in [2.05, 4.69) is 15.3 Å². The number of nitrogens with zero attached hydrogens (tertiary/aromatic N) is 2. The second-order valence-electron chi connectivity index (χ2n) is 4.31. The molecule has 4 N–H and O–H groups in total. The Balaban J connectivity index is 2.01. The number of nitrogens with two attached hydrogens (primary N) is 1. The summed E-state index contributed by atoms with van der Waals surface area (Å²) in [5.74, 6) is 1.16. The van der Waals surface area contributed by atoms with Crippen molar-refractivity contribution in [3.63, 3.8) is 0 Å². The van der Waals surface area contributed by atoms with Crippen LogP contribution in [0.3, 0.4) is 0 Å². The Morgan fingerprint density at radius 3 is 3.00 bits per heavy atom. The number of phenols is 1. The van der Waals surface area contributed by atoms with E-state index < -0.39 is 0 Å². The van der Waals surface area contributed by atoms with Gasteiger partial charge in [0.1, 0.15) is 5.75 Å². The Morgan fingerprint density at radius 2 is 2.20 bits per heavy atom. The Labute approximate surface area is 117 Å². The van der Waals surface area contributed by atoms with Crippen molar-refractivity contribution in [1.29, 1.82) is 0 Å². The summed E-state index contributed by atoms with van der Waals surface area (Å²) in [5, 5.41) is 12.8. The number of phenolic OH excluding ortho intramolecular Hbond substituents is 1. The van der Waals surface area contributed by atoms with Crippen molar-refractivity contribution >= 4 is 11.6 Å². The summed E-state index contributed by atoms with van der Waals surface area (Å²) in [6, 6.07) is 6.63. The maximum Gasteiger partial charge on any atom is 0.226 e. The summed E-state index contributed by atoms with van der Waals surface area (Å²) in [7, 11) is 0. The van der Waals surface area contributed by atoms with Gasteiger partial charge in [0.2, 0.25) is 11.8 Å². The normalized spacial score (nSPS) is 10.2. The zero-order chi connectivity index (χ0) is 14.4. The van der Waals surface area contributed by atoms with Crippen LogP contribution in [0.1, 0.15) is 18.9 Å². The van der Waals surface area contributed by atoms with E-state index in [4.69, 9.17) is 10.5 Å². The number of aromatic hydroxyl groups is 1. The van der Waals surface area contributed by atoms with Gasteiger partial charge in [0.15, 0.2) is 0 Å². The first-order valence-electron chi connectivity index (χ1n) is 6.46. The first-order chi connectivity index (χ1) is 9.69. The molecule has 106 valence electrons. The second-order valence-corrected chi connectivity index (χ2v) is 4.31. The molecule has 0 aliphatic carbocycles. The minimum atomic E-state index is 0.185. The van der Waals surface area contributed by atoms with Crippen molar-refractivity contribution in [1.82, 2.24) is 9.97 Å². The van der Waals surface area contributed by atoms with Gasteiger partial charge in [-0.05, 0) is 24.6 Å². The van der Waals surface area contributed by atoms with E-state index in [0.29, 0.717) is 36.2 Å². The summed E-state index contributed by atoms with van der Waals surface area (Å²) in [6.07, 6.45) is 2.55. The standard InChI is InChI=1S/C14H18N4O2/c1-2-7-20-13-5-6-16-14(18-13)17-9-10-8-11(15)3-4-12(10)19/h3-6,8,19H,2,7,9,15H2,1H3,(H,16,17,18). The predicted octanol–water partition coefficient (Wildman–Crippen LogP) is 2.17. The molecule has 0 amide bonds. The molecule has 0 atom stereocenters. The van der Waals surface area contributed by atoms with E-state index >= 15 is 0 Å². The molecule has 2 aromatic rings. The van der Waals surface area contributed by atoms with Crippen molar-refractivity contribution < 1.29 is 9.84 Å². The average molecular weight is 274 g/mol. The lowest BCUT2D eigenvalue weighted by molar-refractivity contribution is 0.305. The van der Waals surface area contributed by atoms with Crippen LogP contribution < -0.4 is 15.8 Å². The Morgan fingerprint density at radius 1 is 1.35 bits per heavy atom. The number of nitrogen functional groups attached to an aromatic ring is 1. The number of hydrogen-bond donors (Lipinski definition) is 3. The third-order valence-electron chi connectivity index (χ3n) is 2.62. The van der Waals surface area contributed by atoms with Crippen molar-refractivity contribution in [2.24, 2.45) is 0 Å². The van der Waals surface area contributed by atoms with E-state index in [0.717, 1.165) is 6.42 Å². The zero-order valence-corrected chi connectivity index (χ0v) is 11.3. The fourth-order valence-electron chi connectivity index (χ4n) is 1.64. The lowest BCUT2D eigenvalue weighted by Gasteiger charge is -2.09. The minimum absolute atomic E-state index is 0.185. The second kappa shape index (κ2) is 6.60. The summed E-state index contributed by atoms with van der Waals surface area (Å²) >= 11 is 0. The van der Waals surface area contributed by atoms with Gasteiger partial charge in [0.25, 0.3) is 0 Å². The molecule has 6 heteroatoms. The van der Waals surface area contributed by atoms with E-state index in [1.165, 1.54) is 0 Å². The number of benzene rings is 1. The van der Waals surface area contributed by atoms with Crippen LogP contribution in [0.2, 0.25) is 0 Å². The number of anilines is 2. The zero-order valence-electron chi connectivity index (χ0n) is 11.3. The summed E-state index contributed by atoms with van der Waals surface area (Å²) < 4.78 is 5.43. The van der Waals surface area contributed by atoms with Crippen LogP contribution in [0.4, 0.5) is 11.6 Å². The summed E-state index contributed by atoms with van der Waals surface area (Å²) in [6.45, 7) is 3.03. The molecule has 0 aliphatic rings. The molecule has 0 saturated carbocycles. The monoisotopic (exact) mass is 274 g/mol. The highest BCUT2D eigenvalue weighted by Crippen LogP contribution is 2.20. The van der Waals surface area contributed by atoms with Crippen molar-refractivity contribution in [2.45, 2.75) is 19.9 Å². The topological polar surface area (TPSA) is 93.3 Å². The molecule has 1 heterocycles. The van der Waals surface area contributed by atoms with Crippen LogP contribution in [0.15, 0.2) is 30.5 Å². The van der Waals surface area contributed by atoms with Crippen LogP contribution in [-0.2, 0) is 6.54 Å². The number of nitrogens with one attached hydrogen (secondary N) is 1. The Hall–Kier alpha value is -2.50. The van der Waals surface area contributed by atoms with Gasteiger partial charge in [-0.2, -0.15) is 4.98 Å². The highest BCUT2D eigenvalue weighted by atomic mass is 16.5. The van der Waals surface area contributed by atoms with Gasteiger partial charge < -0.3 is 20.9 Å². The van der Waals surface area contributed by atoms with Gasteiger partial charge in [-0.15, -0.1) is 0 Å². The third kappa shape index (κ3) is 3.74. The molecule has 1 aromatic heterocycles. The van der Waals surface area contributed by atoms with Gasteiger partial charge in [-0.25, -0.2) is 4.98 Å². The van der Waals surface area contributed by atoms with Crippen LogP contribution in [0.5, 0.6) is 11.6 Å². The van der Waals surface area contributed by atoms with E-state index in [9.17, 15) is 5.11 Å². The molecule has 1 aromatic carbocycles. The Bertz CT molecular complexity index is 575. The smallest absolute Gasteiger partial charge is 0.226 e. The predicted molar refractivity (Wildman–Crippen MR) is 77.7 cm³/mol. The van der Waals surface area contributed by atoms with Gasteiger partial charge in [0, 0.05) is 30.1 Å². The van der Waals surface area contributed by atoms with Gasteiger partial charge >= 0.3 is 0 Å². The first-order valence-corrected chi connectivity index (χ1v) is 6.46. The van der Waals surface area contributed by atoms with Gasteiger partial charge in [0.05, 0.1) is 6.61 Å². The number of ether oxygens (including phenoxy) is 1. The molecule has 0 spiro atoms. The molecule has 2 rings (SSSR count). The minimum Gasteiger partial charge on any atom is -0.508 e. The SMILES string of the molecule is CCCOc1ccnc(NCc2cc(N)ccc2O)n1. The van der Waals surface area contributed by atoms with Crippen molar-refractivity contribution in [3.05, 3.63) is 36.0 Å². The van der Waals surface area contributed by atoms with Crippen molar-refractivity contribution in [3.8, 4) is 11.6 Å². The average Bonchev–Trinajstić information content (AvgIpc) is 2.46. The number of hydrogen-bond acceptors (Lipinski definition) is 6. The molecule has 0 bridgehead atoms. The van der Waals surface area contributed by atoms with Crippen LogP contribution in [0, 0.1) is 0 Å². The lowest BCUT2D eigenvalue weighted by Crippen LogP contribution is -2.06. The summed E-state index contributed by atoms with van der Waals surface area (Å²) in [5.41, 5.74) is 6.97. The largest absolute Gasteiger partial charge is 0.508 e. The molecule has 6 nitrogen and oxygen atoms in total. The quantitative estimate of drug-likeness (QED) is 0.552. The Kier molecular flexibility index (Phi) is 4.60. The molecular weight excluding hydrogens is 256 g/mol. The maximum atomic E-state index is 9.72. The van der Waals surface area contributed by atoms with E-state index in [1.54, 1.807) is 30.5 Å². The number of rotatable bonds is 6. The first kappa shape index (κ1) is 13.9. The molecule has 0 unspecified atom stereocenters. The molecule has 0 aliphatic heterocycles. The van der Waals surface area contributed by atoms with Crippen molar-refractivity contribution in [2.75, 3.05) is 17.7 Å². The number of aromatic nitrogens is 2. The van der Waals surface area contributed by atoms with E-state index in [-0.39, 0.29) is 5.75 Å². The molecule has 0 radical (unpaired) electrons. The van der Waals surface area contributed by atoms with E-state index in [1.807, 2.05) is 6.92 Å². The van der Waals surface area contributed by atoms with Crippen LogP contribution in [-0.4, -0.2) is 21.7 Å². The molecule has 0 saturated heterocycles. The van der Waals surface area contributed by atoms with Crippen LogP contribution >= 0.6 is 0 Å². The van der Waals surface area contributed by atoms with Gasteiger partial charge in [-0.1, -0.05) is 6.92 Å². The molecular formula is C14H18N4O2. The fourth-order valence-corrected chi connectivity index (χ4v) is 1.64.